The molecule has 0 fully saturated rings. The van der Waals surface area contributed by atoms with Crippen LogP contribution >= 0.6 is 0 Å². The van der Waals surface area contributed by atoms with E-state index in [1.54, 1.807) is 4.70 Å². The van der Waals surface area contributed by atoms with Gasteiger partial charge in [0, 0.05) is 55.5 Å². The molecule has 0 amide bonds. The molecule has 0 N–H and O–H groups in total. The zero-order valence-electron chi connectivity index (χ0n) is 78.9. The van der Waals surface area contributed by atoms with E-state index in [1.807, 2.05) is 14.4 Å². The summed E-state index contributed by atoms with van der Waals surface area (Å²) >= 11 is 2.04. The normalized spacial score (nSPS) is 13.0. The topological polar surface area (TPSA) is 50.6 Å². The molecule has 2 aliphatic rings. The second kappa shape index (κ2) is 75.3. The van der Waals surface area contributed by atoms with E-state index in [0.717, 1.165) is 109 Å². The van der Waals surface area contributed by atoms with Crippen LogP contribution in [0.25, 0.3) is 33.9 Å². The van der Waals surface area contributed by atoms with Crippen molar-refractivity contribution < 1.29 is 40.3 Å². The van der Waals surface area contributed by atoms with Gasteiger partial charge < -0.3 is 11.1 Å². The van der Waals surface area contributed by atoms with Gasteiger partial charge in [-0.15, -0.1) is 0 Å². The third-order valence-electron chi connectivity index (χ3n) is 24.8. The Morgan fingerprint density at radius 2 is 0.500 bits per heavy atom. The summed E-state index contributed by atoms with van der Waals surface area (Å²) in [7, 11) is 0. The Balaban J connectivity index is 0.000000459. The molecule has 4 aromatic carbocycles. The molecule has 0 atom stereocenters. The fraction of sp³-hybridized carbons (Fsp3) is 0.696. The summed E-state index contributed by atoms with van der Waals surface area (Å²) in [5, 5.41) is 2.87. The molecule has 2 aliphatic heterocycles. The van der Waals surface area contributed by atoms with Crippen molar-refractivity contribution in [2.45, 2.75) is 504 Å². The van der Waals surface area contributed by atoms with Crippen LogP contribution in [0.1, 0.15) is 511 Å². The number of hydrogen-bond donors (Lipinski definition) is 0. The number of allylic oxidation sites excluding steroid dienone is 6. The van der Waals surface area contributed by atoms with E-state index in [1.165, 1.54) is 420 Å². The first kappa shape index (κ1) is 108. The zero-order valence-corrected chi connectivity index (χ0v) is 80.9. The summed E-state index contributed by atoms with van der Waals surface area (Å²) in [6.07, 6.45) is 94.7. The van der Waals surface area contributed by atoms with E-state index in [4.69, 9.17) is 0 Å². The number of rotatable bonds is 73. The van der Waals surface area contributed by atoms with Crippen molar-refractivity contribution in [1.29, 1.82) is 0 Å². The van der Waals surface area contributed by atoms with E-state index in [9.17, 15) is 11.1 Å². The first-order valence-electron chi connectivity index (χ1n) is 51.0. The predicted molar refractivity (Wildman–Crippen MR) is 517 cm³/mol. The summed E-state index contributed by atoms with van der Waals surface area (Å²) in [5.41, 5.74) is 42.4. The molecule has 2 heterocycles. The van der Waals surface area contributed by atoms with Crippen LogP contribution in [0.4, 0.5) is 0 Å². The summed E-state index contributed by atoms with van der Waals surface area (Å²) in [6.45, 7) is 22.5. The summed E-state index contributed by atoms with van der Waals surface area (Å²) in [4.78, 5) is 0. The average Bonchev–Trinajstić information content (AvgIpc) is 1.61. The molecular weight excluding hydrogens is 1520 g/mol. The molecule has 672 valence electrons. The maximum atomic E-state index is 11.9. The van der Waals surface area contributed by atoms with Gasteiger partial charge in [0.05, 0.1) is 5.57 Å². The molecule has 0 saturated heterocycles. The zero-order chi connectivity index (χ0) is 83.9. The van der Waals surface area contributed by atoms with Crippen molar-refractivity contribution in [3.63, 3.8) is 0 Å². The molecule has 4 nitrogen and oxygen atoms in total. The first-order chi connectivity index (χ1) is 57.6. The number of unbranched alkanes of at least 4 members (excludes halogenated alkanes) is 53. The van der Waals surface area contributed by atoms with E-state index in [-0.39, 0.29) is 16.5 Å². The minimum absolute atomic E-state index is 0. The number of hydrogen-bond acceptors (Lipinski definition) is 0. The van der Waals surface area contributed by atoms with Crippen LogP contribution in [0.3, 0.4) is 0 Å². The molecule has 0 saturated carbocycles. The van der Waals surface area contributed by atoms with Crippen molar-refractivity contribution in [1.82, 2.24) is 0 Å². The Morgan fingerprint density at radius 1 is 0.254 bits per heavy atom. The van der Waals surface area contributed by atoms with Gasteiger partial charge in [0.2, 0.25) is 22.8 Å². The monoisotopic (exact) mass is 1700 g/mol. The fourth-order valence-corrected chi connectivity index (χ4v) is 18.7. The van der Waals surface area contributed by atoms with Gasteiger partial charge in [-0.25, -0.2) is 9.39 Å². The predicted octanol–water partition coefficient (Wildman–Crippen LogP) is 39.0. The first-order valence-corrected chi connectivity index (χ1v) is 52.4. The smallest absolute Gasteiger partial charge is 0.0654 e. The van der Waals surface area contributed by atoms with E-state index in [0.29, 0.717) is 0 Å². The van der Waals surface area contributed by atoms with Gasteiger partial charge in [0.1, 0.15) is 0 Å². The molecule has 0 unspecified atom stereocenters. The van der Waals surface area contributed by atoms with E-state index >= 15 is 0 Å². The van der Waals surface area contributed by atoms with Gasteiger partial charge in [0.25, 0.3) is 0 Å². The Labute approximate surface area is 748 Å². The quantitative estimate of drug-likeness (QED) is 0.0240. The van der Waals surface area contributed by atoms with Crippen LogP contribution < -0.4 is 0 Å². The Bertz CT molecular complexity index is 3270. The van der Waals surface area contributed by atoms with E-state index in [2.05, 4.69) is 178 Å². The van der Waals surface area contributed by atoms with Gasteiger partial charge in [-0.3, -0.25) is 0 Å². The molecule has 118 heavy (non-hydrogen) atoms. The van der Waals surface area contributed by atoms with Gasteiger partial charge in [-0.2, -0.15) is 0 Å². The van der Waals surface area contributed by atoms with Crippen LogP contribution in [0.2, 0.25) is 10.8 Å². The summed E-state index contributed by atoms with van der Waals surface area (Å²) in [5.74, 6) is 0. The Kier molecular flexibility index (Phi) is 68.9. The van der Waals surface area contributed by atoms with Crippen LogP contribution in [0.15, 0.2) is 132 Å². The van der Waals surface area contributed by atoms with E-state index < -0.39 is 0 Å². The molecule has 0 bridgehead atoms. The van der Waals surface area contributed by atoms with Crippen molar-refractivity contribution >= 4 is 22.8 Å². The molecule has 4 aromatic rings. The van der Waals surface area contributed by atoms with Gasteiger partial charge in [-0.05, 0) is 151 Å². The maximum absolute atomic E-state index is 11.9. The SMILES string of the molecule is CCCCCCCCC1=C(c2cccc(CCCC)c2)[N+](=[N-])C(c2cccc(CCCC)c2)=C1CCCC.CCCCCCCCCCCCCCCCCCC=CC1=C(c2cccc(C)c2)[N+](=[N-])C(c2cccc(C)c2)=C1CCCC.CCCCCCCCCCCCCCCC[CH2][Ni][CH2]CCCCCCCCCCCCCCCC.[Ni]. The third kappa shape index (κ3) is 48.7. The van der Waals surface area contributed by atoms with Crippen LogP contribution in [-0.2, 0) is 43.8 Å². The Morgan fingerprint density at radius 3 is 0.831 bits per heavy atom. The van der Waals surface area contributed by atoms with Gasteiger partial charge in [0.15, 0.2) is 0 Å². The van der Waals surface area contributed by atoms with Gasteiger partial charge >= 0.3 is 166 Å². The van der Waals surface area contributed by atoms with Gasteiger partial charge in [-0.1, -0.05) is 333 Å². The number of nitrogens with zero attached hydrogens (tertiary/aromatic N) is 4. The molecule has 0 radical (unpaired) electrons. The molecule has 0 aromatic heterocycles. The number of benzene rings is 4. The molecule has 0 aliphatic carbocycles. The molecule has 0 spiro atoms. The second-order valence-electron chi connectivity index (χ2n) is 35.8. The van der Waals surface area contributed by atoms with Crippen molar-refractivity contribution in [2.75, 3.05) is 0 Å². The minimum atomic E-state index is 0. The molecular formula is C112H184N4Ni2. The van der Waals surface area contributed by atoms with Crippen LogP contribution in [-0.4, -0.2) is 9.39 Å². The summed E-state index contributed by atoms with van der Waals surface area (Å²) < 4.78 is 3.04. The second-order valence-corrected chi connectivity index (χ2v) is 37.3. The molecule has 6 rings (SSSR count). The minimum Gasteiger partial charge on any atom is -0.0654 e. The standard InChI is InChI=1S/C42H62N2.C36H52N2.2C17H35.2Ni/c1-5-7-9-10-11-12-13-14-15-16-17-18-19-20-21-22-23-24-32-40-39(31-8-6-2)41(37-29-25-27-35(3)33-37)44(43)42(40)38-30-26-28-36(4)34-38;1-5-9-13-14-15-16-26-34-33(25-12-8-4)35(31-23-17-21-29(27-31)19-10-6-2)38(37)36(34)32-24-18-22-30(28-32)20-11-7-3;2*1-3-5-7-9-11-13-15-17-16-14-12-10-8-6-4-2;;/h24-30,32-34H,5-23,31H2,1-4H3;17-18,21-24,27-28H,5-16,19-20,25-26H2,1-4H3;2*1,3-17H2,2H3;;. The van der Waals surface area contributed by atoms with Crippen molar-refractivity contribution in [3.05, 3.63) is 187 Å². The van der Waals surface area contributed by atoms with Crippen LogP contribution in [0.5, 0.6) is 0 Å². The third-order valence-corrected chi connectivity index (χ3v) is 26.2. The average molecular weight is 1700 g/mol. The summed E-state index contributed by atoms with van der Waals surface area (Å²) in [6, 6.07) is 35.0. The Hall–Kier alpha value is -4.23. The number of aryl methyl sites for hydroxylation is 4. The van der Waals surface area contributed by atoms with Crippen LogP contribution in [0, 0.1) is 13.8 Å². The fourth-order valence-electron chi connectivity index (χ4n) is 17.4. The van der Waals surface area contributed by atoms with Crippen molar-refractivity contribution in [3.8, 4) is 0 Å². The van der Waals surface area contributed by atoms with Crippen molar-refractivity contribution in [2.24, 2.45) is 0 Å². The molecule has 6 heteroatoms.